The van der Waals surface area contributed by atoms with E-state index >= 15 is 0 Å². The van der Waals surface area contributed by atoms with Crippen LogP contribution < -0.4 is 5.32 Å². The lowest BCUT2D eigenvalue weighted by Crippen LogP contribution is -2.25. The van der Waals surface area contributed by atoms with Crippen LogP contribution >= 0.6 is 0 Å². The van der Waals surface area contributed by atoms with Gasteiger partial charge in [-0.25, -0.2) is 0 Å². The Hall–Kier alpha value is -1.37. The molecule has 1 aliphatic carbocycles. The van der Waals surface area contributed by atoms with Crippen LogP contribution in [0.15, 0.2) is 18.2 Å². The highest BCUT2D eigenvalue weighted by Gasteiger charge is 2.20. The highest BCUT2D eigenvalue weighted by molar-refractivity contribution is 5.12. The van der Waals surface area contributed by atoms with Crippen LogP contribution in [0.4, 0.5) is 0 Å². The Labute approximate surface area is 116 Å². The Morgan fingerprint density at radius 1 is 1.42 bits per heavy atom. The van der Waals surface area contributed by atoms with Gasteiger partial charge >= 0.3 is 0 Å². The lowest BCUT2D eigenvalue weighted by molar-refractivity contribution is 0.296. The van der Waals surface area contributed by atoms with Crippen LogP contribution in [-0.4, -0.2) is 29.0 Å². The molecule has 0 atom stereocenters. The molecule has 0 radical (unpaired) electrons. The molecule has 0 aromatic carbocycles. The van der Waals surface area contributed by atoms with Crippen LogP contribution in [0, 0.1) is 12.3 Å². The van der Waals surface area contributed by atoms with Crippen LogP contribution in [0.25, 0.3) is 0 Å². The van der Waals surface area contributed by atoms with E-state index in [0.29, 0.717) is 6.54 Å². The van der Waals surface area contributed by atoms with Gasteiger partial charge in [-0.2, -0.15) is 0 Å². The van der Waals surface area contributed by atoms with Crippen molar-refractivity contribution in [2.24, 2.45) is 0 Å². The smallest absolute Gasteiger partial charge is 0.0602 e. The van der Waals surface area contributed by atoms with E-state index in [1.807, 2.05) is 0 Å². The molecule has 1 aromatic rings. The molecule has 0 spiro atoms. The summed E-state index contributed by atoms with van der Waals surface area (Å²) in [7, 11) is 0. The quantitative estimate of drug-likeness (QED) is 0.724. The second kappa shape index (κ2) is 7.28. The zero-order valence-corrected chi connectivity index (χ0v) is 11.7. The Morgan fingerprint density at radius 2 is 2.21 bits per heavy atom. The minimum absolute atomic E-state index is 0.695. The standard InChI is InChI=1S/C16H23N3/c1-3-10-19(11-4-2)13-16-7-5-6-15(18-16)12-17-14-8-9-14/h1,5-7,14,17H,4,8-13H2,2H3. The number of rotatable bonds is 8. The number of hydrogen-bond donors (Lipinski definition) is 1. The fourth-order valence-corrected chi connectivity index (χ4v) is 2.14. The number of hydrogen-bond acceptors (Lipinski definition) is 3. The normalized spacial score (nSPS) is 14.6. The second-order valence-electron chi connectivity index (χ2n) is 5.19. The second-order valence-corrected chi connectivity index (χ2v) is 5.19. The summed E-state index contributed by atoms with van der Waals surface area (Å²) in [6.07, 6.45) is 9.15. The van der Waals surface area contributed by atoms with Gasteiger partial charge in [-0.3, -0.25) is 9.88 Å². The molecular weight excluding hydrogens is 234 g/mol. The van der Waals surface area contributed by atoms with Crippen molar-refractivity contribution in [3.63, 3.8) is 0 Å². The van der Waals surface area contributed by atoms with E-state index in [1.165, 1.54) is 12.8 Å². The molecule has 2 rings (SSSR count). The Bertz CT molecular complexity index is 432. The van der Waals surface area contributed by atoms with E-state index in [0.717, 1.165) is 43.5 Å². The predicted octanol–water partition coefficient (Wildman–Crippen LogP) is 2.18. The van der Waals surface area contributed by atoms with E-state index in [4.69, 9.17) is 11.4 Å². The van der Waals surface area contributed by atoms with Crippen LogP contribution in [-0.2, 0) is 13.1 Å². The summed E-state index contributed by atoms with van der Waals surface area (Å²) in [4.78, 5) is 6.97. The molecule has 3 nitrogen and oxygen atoms in total. The van der Waals surface area contributed by atoms with E-state index in [-0.39, 0.29) is 0 Å². The van der Waals surface area contributed by atoms with Gasteiger partial charge in [0.15, 0.2) is 0 Å². The lowest BCUT2D eigenvalue weighted by Gasteiger charge is -2.18. The average Bonchev–Trinajstić information content (AvgIpc) is 3.21. The topological polar surface area (TPSA) is 28.2 Å². The highest BCUT2D eigenvalue weighted by atomic mass is 15.1. The Kier molecular flexibility index (Phi) is 5.38. The summed E-state index contributed by atoms with van der Waals surface area (Å²) < 4.78 is 0. The molecule has 19 heavy (non-hydrogen) atoms. The first-order valence-electron chi connectivity index (χ1n) is 7.16. The van der Waals surface area contributed by atoms with Crippen molar-refractivity contribution >= 4 is 0 Å². The van der Waals surface area contributed by atoms with Crippen molar-refractivity contribution in [2.45, 2.75) is 45.3 Å². The van der Waals surface area contributed by atoms with Gasteiger partial charge in [0, 0.05) is 19.1 Å². The van der Waals surface area contributed by atoms with Crippen molar-refractivity contribution in [3.8, 4) is 12.3 Å². The molecule has 0 unspecified atom stereocenters. The largest absolute Gasteiger partial charge is 0.308 e. The molecule has 0 bridgehead atoms. The molecule has 1 aromatic heterocycles. The molecule has 1 heterocycles. The molecule has 1 saturated carbocycles. The average molecular weight is 257 g/mol. The maximum absolute atomic E-state index is 5.41. The van der Waals surface area contributed by atoms with Crippen molar-refractivity contribution in [3.05, 3.63) is 29.6 Å². The van der Waals surface area contributed by atoms with Crippen LogP contribution in [0.1, 0.15) is 37.6 Å². The van der Waals surface area contributed by atoms with Crippen LogP contribution in [0.2, 0.25) is 0 Å². The number of aromatic nitrogens is 1. The van der Waals surface area contributed by atoms with Gasteiger partial charge in [0.2, 0.25) is 0 Å². The van der Waals surface area contributed by atoms with E-state index in [9.17, 15) is 0 Å². The zero-order valence-electron chi connectivity index (χ0n) is 11.7. The highest BCUT2D eigenvalue weighted by Crippen LogP contribution is 2.19. The van der Waals surface area contributed by atoms with Crippen LogP contribution in [0.5, 0.6) is 0 Å². The lowest BCUT2D eigenvalue weighted by atomic mass is 10.2. The molecule has 1 N–H and O–H groups in total. The molecular formula is C16H23N3. The molecule has 3 heteroatoms. The molecule has 1 aliphatic rings. The van der Waals surface area contributed by atoms with Crippen molar-refractivity contribution < 1.29 is 0 Å². The van der Waals surface area contributed by atoms with Gasteiger partial charge in [0.1, 0.15) is 0 Å². The van der Waals surface area contributed by atoms with E-state index < -0.39 is 0 Å². The van der Waals surface area contributed by atoms with E-state index in [2.05, 4.69) is 41.3 Å². The summed E-state index contributed by atoms with van der Waals surface area (Å²) in [5, 5.41) is 3.50. The van der Waals surface area contributed by atoms with Gasteiger partial charge in [-0.15, -0.1) is 6.42 Å². The SMILES string of the molecule is C#CCN(CCC)Cc1cccc(CNC2CC2)n1. The molecule has 1 fully saturated rings. The number of nitrogens with one attached hydrogen (secondary N) is 1. The fourth-order valence-electron chi connectivity index (χ4n) is 2.14. The summed E-state index contributed by atoms with van der Waals surface area (Å²) in [6.45, 7) is 5.61. The van der Waals surface area contributed by atoms with E-state index in [1.54, 1.807) is 0 Å². The van der Waals surface area contributed by atoms with Gasteiger partial charge in [0.25, 0.3) is 0 Å². The third kappa shape index (κ3) is 5.02. The summed E-state index contributed by atoms with van der Waals surface area (Å²) in [5.41, 5.74) is 2.24. The van der Waals surface area contributed by atoms with Gasteiger partial charge < -0.3 is 5.32 Å². The fraction of sp³-hybridized carbons (Fsp3) is 0.562. The Balaban J connectivity index is 1.90. The molecule has 0 saturated heterocycles. The maximum Gasteiger partial charge on any atom is 0.0602 e. The third-order valence-electron chi connectivity index (χ3n) is 3.25. The summed E-state index contributed by atoms with van der Waals surface area (Å²) >= 11 is 0. The Morgan fingerprint density at radius 3 is 2.89 bits per heavy atom. The van der Waals surface area contributed by atoms with Gasteiger partial charge in [-0.1, -0.05) is 18.9 Å². The minimum atomic E-state index is 0.695. The summed E-state index contributed by atoms with van der Waals surface area (Å²) in [6, 6.07) is 6.99. The first kappa shape index (κ1) is 14.0. The zero-order chi connectivity index (χ0) is 13.5. The van der Waals surface area contributed by atoms with Gasteiger partial charge in [0.05, 0.1) is 17.9 Å². The molecule has 0 aliphatic heterocycles. The third-order valence-corrected chi connectivity index (χ3v) is 3.25. The van der Waals surface area contributed by atoms with Crippen LogP contribution in [0.3, 0.4) is 0 Å². The minimum Gasteiger partial charge on any atom is -0.308 e. The maximum atomic E-state index is 5.41. The first-order valence-corrected chi connectivity index (χ1v) is 7.16. The molecule has 0 amide bonds. The molecule has 102 valence electrons. The number of nitrogens with zero attached hydrogens (tertiary/aromatic N) is 2. The van der Waals surface area contributed by atoms with Crippen molar-refractivity contribution in [1.29, 1.82) is 0 Å². The van der Waals surface area contributed by atoms with Crippen molar-refractivity contribution in [1.82, 2.24) is 15.2 Å². The first-order chi connectivity index (χ1) is 9.31. The number of terminal acetylenes is 1. The monoisotopic (exact) mass is 257 g/mol. The predicted molar refractivity (Wildman–Crippen MR) is 78.5 cm³/mol. The number of pyridine rings is 1. The summed E-state index contributed by atoms with van der Waals surface area (Å²) in [5.74, 6) is 2.72. The van der Waals surface area contributed by atoms with Crippen molar-refractivity contribution in [2.75, 3.05) is 13.1 Å². The van der Waals surface area contributed by atoms with Gasteiger partial charge in [-0.05, 0) is 37.9 Å².